The number of carbonyl (C=O) groups is 2. The van der Waals surface area contributed by atoms with E-state index in [9.17, 15) is 9.59 Å². The van der Waals surface area contributed by atoms with Crippen molar-refractivity contribution >= 4 is 24.2 Å². The van der Waals surface area contributed by atoms with E-state index in [0.717, 1.165) is 32.6 Å². The van der Waals surface area contributed by atoms with E-state index in [1.54, 1.807) is 12.1 Å². The van der Waals surface area contributed by atoms with Crippen LogP contribution in [0, 0.1) is 0 Å². The molecule has 22 heavy (non-hydrogen) atoms. The summed E-state index contributed by atoms with van der Waals surface area (Å²) < 4.78 is 0. The molecule has 0 saturated carbocycles. The Morgan fingerprint density at radius 3 is 2.68 bits per heavy atom. The van der Waals surface area contributed by atoms with Crippen LogP contribution in [0.5, 0.6) is 0 Å². The summed E-state index contributed by atoms with van der Waals surface area (Å²) >= 11 is 0. The van der Waals surface area contributed by atoms with Gasteiger partial charge in [-0.1, -0.05) is 18.2 Å². The van der Waals surface area contributed by atoms with Gasteiger partial charge in [0.1, 0.15) is 0 Å². The molecule has 5 nitrogen and oxygen atoms in total. The standard InChI is InChI=1S/C16H23N3O2.ClH/c20-15(19-12-5-9-17-11-13-19)8-4-10-18-16(21)14-6-2-1-3-7-14;/h1-3,6-7,17H,4-5,8-13H2,(H,18,21);1H. The van der Waals surface area contributed by atoms with Gasteiger partial charge in [-0.25, -0.2) is 0 Å². The minimum atomic E-state index is -0.0815. The largest absolute Gasteiger partial charge is 0.352 e. The zero-order valence-electron chi connectivity index (χ0n) is 12.7. The first kappa shape index (κ1) is 18.5. The molecule has 1 aliphatic heterocycles. The lowest BCUT2D eigenvalue weighted by atomic mass is 10.2. The highest BCUT2D eigenvalue weighted by atomic mass is 35.5. The Kier molecular flexibility index (Phi) is 8.55. The minimum absolute atomic E-state index is 0. The van der Waals surface area contributed by atoms with Crippen LogP contribution in [-0.2, 0) is 4.79 Å². The molecule has 0 unspecified atom stereocenters. The van der Waals surface area contributed by atoms with Crippen molar-refractivity contribution in [2.75, 3.05) is 32.7 Å². The van der Waals surface area contributed by atoms with Crippen LogP contribution >= 0.6 is 12.4 Å². The Bertz CT molecular complexity index is 460. The fraction of sp³-hybridized carbons (Fsp3) is 0.500. The number of amides is 2. The highest BCUT2D eigenvalue weighted by Gasteiger charge is 2.14. The van der Waals surface area contributed by atoms with Crippen molar-refractivity contribution in [1.82, 2.24) is 15.5 Å². The molecule has 1 aliphatic rings. The molecule has 0 atom stereocenters. The van der Waals surface area contributed by atoms with Gasteiger partial charge < -0.3 is 15.5 Å². The van der Waals surface area contributed by atoms with E-state index in [1.165, 1.54) is 0 Å². The summed E-state index contributed by atoms with van der Waals surface area (Å²) in [5, 5.41) is 6.13. The van der Waals surface area contributed by atoms with Crippen LogP contribution in [0.1, 0.15) is 29.6 Å². The third-order valence-electron chi connectivity index (χ3n) is 3.58. The van der Waals surface area contributed by atoms with Crippen LogP contribution in [-0.4, -0.2) is 49.4 Å². The topological polar surface area (TPSA) is 61.4 Å². The molecule has 1 fully saturated rings. The summed E-state index contributed by atoms with van der Waals surface area (Å²) in [6.07, 6.45) is 2.19. The third-order valence-corrected chi connectivity index (χ3v) is 3.58. The van der Waals surface area contributed by atoms with Crippen molar-refractivity contribution in [3.05, 3.63) is 35.9 Å². The Balaban J connectivity index is 0.00000242. The molecule has 2 N–H and O–H groups in total. The molecule has 1 aromatic carbocycles. The van der Waals surface area contributed by atoms with E-state index in [4.69, 9.17) is 0 Å². The SMILES string of the molecule is Cl.O=C(NCCCC(=O)N1CCCNCC1)c1ccccc1. The van der Waals surface area contributed by atoms with Crippen LogP contribution in [0.4, 0.5) is 0 Å². The van der Waals surface area contributed by atoms with Crippen molar-refractivity contribution in [1.29, 1.82) is 0 Å². The van der Waals surface area contributed by atoms with Crippen LogP contribution in [0.15, 0.2) is 30.3 Å². The summed E-state index contributed by atoms with van der Waals surface area (Å²) in [6.45, 7) is 4.01. The van der Waals surface area contributed by atoms with Crippen molar-refractivity contribution in [2.24, 2.45) is 0 Å². The molecule has 1 heterocycles. The predicted octanol–water partition coefficient (Wildman–Crippen LogP) is 1.44. The highest BCUT2D eigenvalue weighted by molar-refractivity contribution is 5.94. The van der Waals surface area contributed by atoms with Crippen molar-refractivity contribution in [3.8, 4) is 0 Å². The normalized spacial score (nSPS) is 14.6. The van der Waals surface area contributed by atoms with Crippen molar-refractivity contribution in [2.45, 2.75) is 19.3 Å². The van der Waals surface area contributed by atoms with Gasteiger partial charge in [0.2, 0.25) is 5.91 Å². The van der Waals surface area contributed by atoms with E-state index in [-0.39, 0.29) is 24.2 Å². The van der Waals surface area contributed by atoms with Crippen LogP contribution < -0.4 is 10.6 Å². The lowest BCUT2D eigenvalue weighted by Gasteiger charge is -2.19. The number of hydrogen-bond donors (Lipinski definition) is 2. The summed E-state index contributed by atoms with van der Waals surface area (Å²) in [4.78, 5) is 25.8. The molecule has 1 aromatic rings. The quantitative estimate of drug-likeness (QED) is 0.805. The Morgan fingerprint density at radius 2 is 1.91 bits per heavy atom. The van der Waals surface area contributed by atoms with Gasteiger partial charge in [0.15, 0.2) is 0 Å². The van der Waals surface area contributed by atoms with Crippen LogP contribution in [0.25, 0.3) is 0 Å². The molecule has 0 aromatic heterocycles. The number of carbonyl (C=O) groups excluding carboxylic acids is 2. The lowest BCUT2D eigenvalue weighted by molar-refractivity contribution is -0.131. The first-order chi connectivity index (χ1) is 10.3. The van der Waals surface area contributed by atoms with Gasteiger partial charge in [-0.05, 0) is 31.5 Å². The molecule has 2 rings (SSSR count). The molecule has 0 aliphatic carbocycles. The summed E-state index contributed by atoms with van der Waals surface area (Å²) in [7, 11) is 0. The smallest absolute Gasteiger partial charge is 0.251 e. The highest BCUT2D eigenvalue weighted by Crippen LogP contribution is 2.02. The number of hydrogen-bond acceptors (Lipinski definition) is 3. The fourth-order valence-electron chi connectivity index (χ4n) is 2.39. The second kappa shape index (κ2) is 10.2. The van der Waals surface area contributed by atoms with Gasteiger partial charge in [-0.15, -0.1) is 12.4 Å². The number of nitrogens with zero attached hydrogens (tertiary/aromatic N) is 1. The monoisotopic (exact) mass is 325 g/mol. The van der Waals surface area contributed by atoms with E-state index in [0.29, 0.717) is 24.9 Å². The molecule has 0 spiro atoms. The van der Waals surface area contributed by atoms with Gasteiger partial charge in [0.25, 0.3) is 5.91 Å². The molecular weight excluding hydrogens is 302 g/mol. The Hall–Kier alpha value is -1.59. The van der Waals surface area contributed by atoms with Gasteiger partial charge in [0.05, 0.1) is 0 Å². The second-order valence-corrected chi connectivity index (χ2v) is 5.21. The maximum absolute atomic E-state index is 12.1. The van der Waals surface area contributed by atoms with Gasteiger partial charge in [0, 0.05) is 38.2 Å². The van der Waals surface area contributed by atoms with Gasteiger partial charge >= 0.3 is 0 Å². The summed E-state index contributed by atoms with van der Waals surface area (Å²) in [5.41, 5.74) is 0.655. The summed E-state index contributed by atoms with van der Waals surface area (Å²) in [6, 6.07) is 9.12. The van der Waals surface area contributed by atoms with Crippen molar-refractivity contribution in [3.63, 3.8) is 0 Å². The van der Waals surface area contributed by atoms with Gasteiger partial charge in [-0.2, -0.15) is 0 Å². The van der Waals surface area contributed by atoms with Gasteiger partial charge in [-0.3, -0.25) is 9.59 Å². The average molecular weight is 326 g/mol. The van der Waals surface area contributed by atoms with E-state index in [2.05, 4.69) is 10.6 Å². The maximum Gasteiger partial charge on any atom is 0.251 e. The minimum Gasteiger partial charge on any atom is -0.352 e. The van der Waals surface area contributed by atoms with E-state index >= 15 is 0 Å². The molecule has 0 radical (unpaired) electrons. The van der Waals surface area contributed by atoms with Crippen LogP contribution in [0.2, 0.25) is 0 Å². The Morgan fingerprint density at radius 1 is 1.14 bits per heavy atom. The maximum atomic E-state index is 12.1. The lowest BCUT2D eigenvalue weighted by Crippen LogP contribution is -2.34. The number of nitrogens with one attached hydrogen (secondary N) is 2. The zero-order chi connectivity index (χ0) is 14.9. The number of benzene rings is 1. The van der Waals surface area contributed by atoms with E-state index in [1.807, 2.05) is 23.1 Å². The fourth-order valence-corrected chi connectivity index (χ4v) is 2.39. The molecule has 0 bridgehead atoms. The van der Waals surface area contributed by atoms with Crippen molar-refractivity contribution < 1.29 is 9.59 Å². The van der Waals surface area contributed by atoms with E-state index < -0.39 is 0 Å². The predicted molar refractivity (Wildman–Crippen MR) is 89.3 cm³/mol. The molecule has 122 valence electrons. The first-order valence-electron chi connectivity index (χ1n) is 7.59. The molecule has 6 heteroatoms. The first-order valence-corrected chi connectivity index (χ1v) is 7.59. The summed E-state index contributed by atoms with van der Waals surface area (Å²) in [5.74, 6) is 0.106. The third kappa shape index (κ3) is 6.03. The molecule has 2 amide bonds. The second-order valence-electron chi connectivity index (χ2n) is 5.21. The average Bonchev–Trinajstić information content (AvgIpc) is 2.81. The molecular formula is C16H24ClN3O2. The number of rotatable bonds is 5. The van der Waals surface area contributed by atoms with Crippen LogP contribution in [0.3, 0.4) is 0 Å². The zero-order valence-corrected chi connectivity index (χ0v) is 13.5. The Labute approximate surface area is 137 Å². The molecule has 1 saturated heterocycles. The number of halogens is 1.